The summed E-state index contributed by atoms with van der Waals surface area (Å²) in [5, 5.41) is 15.4. The number of aromatic nitrogens is 3. The SMILES string of the molecule is CN=C(NCCSc1ccc(Cl)cc1)NCc1nnc(C)n1C.I. The minimum atomic E-state index is 0. The van der Waals surface area contributed by atoms with E-state index >= 15 is 0 Å². The molecule has 0 radical (unpaired) electrons. The van der Waals surface area contributed by atoms with Crippen LogP contribution in [0.3, 0.4) is 0 Å². The van der Waals surface area contributed by atoms with E-state index in [0.29, 0.717) is 6.54 Å². The normalized spacial score (nSPS) is 11.1. The van der Waals surface area contributed by atoms with Crippen LogP contribution in [0.4, 0.5) is 0 Å². The number of thioether (sulfide) groups is 1. The summed E-state index contributed by atoms with van der Waals surface area (Å²) < 4.78 is 1.96. The van der Waals surface area contributed by atoms with Gasteiger partial charge in [0.15, 0.2) is 11.8 Å². The number of aryl methyl sites for hydroxylation is 1. The summed E-state index contributed by atoms with van der Waals surface area (Å²) in [7, 11) is 3.70. The van der Waals surface area contributed by atoms with E-state index in [1.54, 1.807) is 18.8 Å². The maximum atomic E-state index is 5.87. The number of halogens is 2. The zero-order chi connectivity index (χ0) is 16.7. The van der Waals surface area contributed by atoms with Crippen LogP contribution in [0, 0.1) is 6.92 Å². The Morgan fingerprint density at radius 3 is 2.54 bits per heavy atom. The van der Waals surface area contributed by atoms with E-state index in [1.165, 1.54) is 4.90 Å². The lowest BCUT2D eigenvalue weighted by Crippen LogP contribution is -2.38. The molecule has 0 fully saturated rings. The molecule has 0 saturated heterocycles. The van der Waals surface area contributed by atoms with Gasteiger partial charge in [-0.15, -0.1) is 45.9 Å². The highest BCUT2D eigenvalue weighted by atomic mass is 127. The standard InChI is InChI=1S/C15H21ClN6S.HI/c1-11-20-21-14(22(11)3)10-19-15(17-2)18-8-9-23-13-6-4-12(16)5-7-13;/h4-7H,8-10H2,1-3H3,(H2,17,18,19);1H. The molecule has 0 aliphatic heterocycles. The predicted octanol–water partition coefficient (Wildman–Crippen LogP) is 2.85. The molecule has 0 aliphatic rings. The lowest BCUT2D eigenvalue weighted by molar-refractivity contribution is 0.722. The molecule has 2 N–H and O–H groups in total. The van der Waals surface area contributed by atoms with Gasteiger partial charge in [-0.25, -0.2) is 0 Å². The van der Waals surface area contributed by atoms with Crippen molar-refractivity contribution in [2.45, 2.75) is 18.4 Å². The number of rotatable bonds is 6. The van der Waals surface area contributed by atoms with Crippen LogP contribution in [0.25, 0.3) is 0 Å². The quantitative estimate of drug-likeness (QED) is 0.219. The Hall–Kier alpha value is -1.000. The third kappa shape index (κ3) is 6.48. The van der Waals surface area contributed by atoms with E-state index in [2.05, 4.69) is 25.8 Å². The topological polar surface area (TPSA) is 67.1 Å². The van der Waals surface area contributed by atoms with Crippen LogP contribution in [0.2, 0.25) is 5.02 Å². The molecule has 1 heterocycles. The summed E-state index contributed by atoms with van der Waals surface area (Å²) in [5.74, 6) is 3.46. The van der Waals surface area contributed by atoms with Crippen molar-refractivity contribution in [3.05, 3.63) is 40.9 Å². The Morgan fingerprint density at radius 1 is 1.25 bits per heavy atom. The number of nitrogens with zero attached hydrogens (tertiary/aromatic N) is 4. The smallest absolute Gasteiger partial charge is 0.191 e. The summed E-state index contributed by atoms with van der Waals surface area (Å²) in [4.78, 5) is 5.41. The van der Waals surface area contributed by atoms with Crippen LogP contribution >= 0.6 is 47.3 Å². The van der Waals surface area contributed by atoms with E-state index in [1.807, 2.05) is 42.8 Å². The molecular formula is C15H22ClIN6S. The van der Waals surface area contributed by atoms with Crippen LogP contribution in [0.1, 0.15) is 11.6 Å². The number of hydrogen-bond acceptors (Lipinski definition) is 4. The minimum Gasteiger partial charge on any atom is -0.356 e. The van der Waals surface area contributed by atoms with Gasteiger partial charge in [0.25, 0.3) is 0 Å². The zero-order valence-electron chi connectivity index (χ0n) is 13.9. The van der Waals surface area contributed by atoms with Crippen LogP contribution in [-0.2, 0) is 13.6 Å². The van der Waals surface area contributed by atoms with Crippen molar-refractivity contribution in [1.29, 1.82) is 0 Å². The number of benzene rings is 1. The number of aliphatic imine (C=N–C) groups is 1. The number of nitrogens with one attached hydrogen (secondary N) is 2. The first-order valence-electron chi connectivity index (χ1n) is 7.28. The third-order valence-electron chi connectivity index (χ3n) is 3.30. The van der Waals surface area contributed by atoms with Gasteiger partial charge in [-0.1, -0.05) is 11.6 Å². The Balaban J connectivity index is 0.00000288. The molecule has 2 rings (SSSR count). The van der Waals surface area contributed by atoms with E-state index < -0.39 is 0 Å². The molecule has 0 aliphatic carbocycles. The van der Waals surface area contributed by atoms with Crippen molar-refractivity contribution in [1.82, 2.24) is 25.4 Å². The molecule has 2 aromatic rings. The number of hydrogen-bond donors (Lipinski definition) is 2. The molecule has 1 aromatic heterocycles. The molecule has 6 nitrogen and oxygen atoms in total. The molecule has 0 amide bonds. The summed E-state index contributed by atoms with van der Waals surface area (Å²) >= 11 is 7.65. The minimum absolute atomic E-state index is 0. The van der Waals surface area contributed by atoms with Gasteiger partial charge in [-0.2, -0.15) is 0 Å². The molecule has 0 bridgehead atoms. The van der Waals surface area contributed by atoms with Crippen LogP contribution < -0.4 is 10.6 Å². The van der Waals surface area contributed by atoms with Crippen molar-refractivity contribution in [2.24, 2.45) is 12.0 Å². The van der Waals surface area contributed by atoms with Crippen LogP contribution in [-0.4, -0.2) is 40.1 Å². The fourth-order valence-electron chi connectivity index (χ4n) is 1.86. The molecule has 0 saturated carbocycles. The Morgan fingerprint density at radius 2 is 1.96 bits per heavy atom. The molecule has 1 aromatic carbocycles. The summed E-state index contributed by atoms with van der Waals surface area (Å²) in [5.41, 5.74) is 0. The highest BCUT2D eigenvalue weighted by Crippen LogP contribution is 2.19. The fourth-order valence-corrected chi connectivity index (χ4v) is 2.75. The van der Waals surface area contributed by atoms with Gasteiger partial charge in [0.1, 0.15) is 5.82 Å². The molecule has 0 unspecified atom stereocenters. The second kappa shape index (κ2) is 10.8. The molecule has 0 atom stereocenters. The Kier molecular flexibility index (Phi) is 9.45. The van der Waals surface area contributed by atoms with E-state index in [4.69, 9.17) is 11.6 Å². The first-order valence-corrected chi connectivity index (χ1v) is 8.64. The summed E-state index contributed by atoms with van der Waals surface area (Å²) in [6, 6.07) is 7.86. The van der Waals surface area contributed by atoms with Gasteiger partial charge in [0, 0.05) is 36.3 Å². The fraction of sp³-hybridized carbons (Fsp3) is 0.400. The summed E-state index contributed by atoms with van der Waals surface area (Å²) in [6.07, 6.45) is 0. The lowest BCUT2D eigenvalue weighted by Gasteiger charge is -2.11. The largest absolute Gasteiger partial charge is 0.356 e. The molecule has 0 spiro atoms. The van der Waals surface area contributed by atoms with Crippen molar-refractivity contribution in [3.8, 4) is 0 Å². The van der Waals surface area contributed by atoms with E-state index in [9.17, 15) is 0 Å². The molecule has 24 heavy (non-hydrogen) atoms. The Labute approximate surface area is 168 Å². The van der Waals surface area contributed by atoms with Gasteiger partial charge in [0.05, 0.1) is 6.54 Å². The molecule has 9 heteroatoms. The van der Waals surface area contributed by atoms with Gasteiger partial charge < -0.3 is 15.2 Å². The van der Waals surface area contributed by atoms with Gasteiger partial charge in [-0.3, -0.25) is 4.99 Å². The van der Waals surface area contributed by atoms with Gasteiger partial charge in [-0.05, 0) is 31.2 Å². The first-order chi connectivity index (χ1) is 11.1. The van der Waals surface area contributed by atoms with Crippen LogP contribution in [0.15, 0.2) is 34.2 Å². The Bertz CT molecular complexity index is 658. The molecular weight excluding hydrogens is 459 g/mol. The third-order valence-corrected chi connectivity index (χ3v) is 4.56. The monoisotopic (exact) mass is 480 g/mol. The van der Waals surface area contributed by atoms with E-state index in [-0.39, 0.29) is 24.0 Å². The van der Waals surface area contributed by atoms with Crippen LogP contribution in [0.5, 0.6) is 0 Å². The van der Waals surface area contributed by atoms with Crippen molar-refractivity contribution >= 4 is 53.3 Å². The maximum absolute atomic E-state index is 5.87. The van der Waals surface area contributed by atoms with E-state index in [0.717, 1.165) is 34.9 Å². The predicted molar refractivity (Wildman–Crippen MR) is 112 cm³/mol. The number of guanidine groups is 1. The summed E-state index contributed by atoms with van der Waals surface area (Å²) in [6.45, 7) is 3.32. The van der Waals surface area contributed by atoms with Gasteiger partial charge in [0.2, 0.25) is 0 Å². The average molecular weight is 481 g/mol. The second-order valence-corrected chi connectivity index (χ2v) is 6.48. The zero-order valence-corrected chi connectivity index (χ0v) is 17.8. The van der Waals surface area contributed by atoms with Crippen molar-refractivity contribution in [2.75, 3.05) is 19.3 Å². The van der Waals surface area contributed by atoms with Gasteiger partial charge >= 0.3 is 0 Å². The highest BCUT2D eigenvalue weighted by Gasteiger charge is 2.05. The maximum Gasteiger partial charge on any atom is 0.191 e. The lowest BCUT2D eigenvalue weighted by atomic mass is 10.4. The average Bonchev–Trinajstić information content (AvgIpc) is 2.88. The van der Waals surface area contributed by atoms with Crippen molar-refractivity contribution < 1.29 is 0 Å². The molecule has 132 valence electrons. The second-order valence-electron chi connectivity index (χ2n) is 4.88. The van der Waals surface area contributed by atoms with Crippen molar-refractivity contribution in [3.63, 3.8) is 0 Å². The highest BCUT2D eigenvalue weighted by molar-refractivity contribution is 14.0. The first kappa shape index (κ1) is 21.0.